The lowest BCUT2D eigenvalue weighted by atomic mass is 10.0. The van der Waals surface area contributed by atoms with Crippen LogP contribution >= 0.6 is 0 Å². The summed E-state index contributed by atoms with van der Waals surface area (Å²) in [7, 11) is -8.58. The summed E-state index contributed by atoms with van der Waals surface area (Å²) >= 11 is 0. The van der Waals surface area contributed by atoms with Crippen molar-refractivity contribution in [3.05, 3.63) is 23.1 Å². The van der Waals surface area contributed by atoms with Gasteiger partial charge in [-0.1, -0.05) is 19.1 Å². The predicted molar refractivity (Wildman–Crippen MR) is 53.3 cm³/mol. The van der Waals surface area contributed by atoms with Crippen LogP contribution in [0.2, 0.25) is 0 Å². The molecular weight excluding hydrogens is 244 g/mol. The molecule has 6 nitrogen and oxygen atoms in total. The van der Waals surface area contributed by atoms with Crippen LogP contribution in [-0.4, -0.2) is 31.2 Å². The van der Waals surface area contributed by atoms with Gasteiger partial charge in [0.2, 0.25) is 0 Å². The minimum absolute atomic E-state index is 0.366. The first-order chi connectivity index (χ1) is 6.62. The van der Waals surface area contributed by atoms with E-state index in [4.69, 9.17) is 9.11 Å². The van der Waals surface area contributed by atoms with Crippen LogP contribution in [0.25, 0.3) is 0 Å². The summed E-state index contributed by atoms with van der Waals surface area (Å²) in [5.41, 5.74) is 0. The third-order valence-electron chi connectivity index (χ3n) is 2.04. The molecule has 0 aromatic carbocycles. The van der Waals surface area contributed by atoms with Crippen LogP contribution in [0.1, 0.15) is 6.92 Å². The standard InChI is InChI=1S/C7H10O6S2/c1-5-4-6(14(8,9)10)2-3-7(5)15(11,12)13/h2-5,7H,1H3,(H,8,9,10)(H,11,12,13). The average Bonchev–Trinajstić information content (AvgIpc) is 1.99. The van der Waals surface area contributed by atoms with E-state index in [1.807, 2.05) is 0 Å². The van der Waals surface area contributed by atoms with Crippen molar-refractivity contribution < 1.29 is 25.9 Å². The second-order valence-electron chi connectivity index (χ2n) is 3.24. The Labute approximate surface area is 87.8 Å². The molecule has 1 aliphatic rings. The molecule has 2 unspecified atom stereocenters. The molecular formula is C7H10O6S2. The normalized spacial score (nSPS) is 27.5. The largest absolute Gasteiger partial charge is 0.294 e. The minimum Gasteiger partial charge on any atom is -0.285 e. The third kappa shape index (κ3) is 2.88. The van der Waals surface area contributed by atoms with E-state index in [9.17, 15) is 16.8 Å². The number of hydrogen-bond donors (Lipinski definition) is 2. The van der Waals surface area contributed by atoms with Gasteiger partial charge >= 0.3 is 0 Å². The van der Waals surface area contributed by atoms with E-state index < -0.39 is 31.4 Å². The fourth-order valence-electron chi connectivity index (χ4n) is 1.32. The molecule has 1 aliphatic carbocycles. The van der Waals surface area contributed by atoms with Crippen molar-refractivity contribution in [1.29, 1.82) is 0 Å². The summed E-state index contributed by atoms with van der Waals surface area (Å²) < 4.78 is 60.5. The molecule has 2 N–H and O–H groups in total. The van der Waals surface area contributed by atoms with Gasteiger partial charge < -0.3 is 0 Å². The molecule has 0 aliphatic heterocycles. The minimum atomic E-state index is -4.33. The van der Waals surface area contributed by atoms with Crippen LogP contribution < -0.4 is 0 Å². The molecule has 1 rings (SSSR count). The average molecular weight is 254 g/mol. The van der Waals surface area contributed by atoms with Crippen molar-refractivity contribution in [3.63, 3.8) is 0 Å². The van der Waals surface area contributed by atoms with Crippen LogP contribution in [0.15, 0.2) is 23.1 Å². The van der Waals surface area contributed by atoms with Crippen molar-refractivity contribution in [2.24, 2.45) is 5.92 Å². The van der Waals surface area contributed by atoms with Crippen molar-refractivity contribution in [2.45, 2.75) is 12.2 Å². The number of hydrogen-bond acceptors (Lipinski definition) is 4. The zero-order valence-corrected chi connectivity index (χ0v) is 9.36. The van der Waals surface area contributed by atoms with Gasteiger partial charge in [-0.2, -0.15) is 16.8 Å². The Hall–Kier alpha value is -0.700. The lowest BCUT2D eigenvalue weighted by molar-refractivity contribution is 0.462. The first-order valence-corrected chi connectivity index (χ1v) is 6.90. The van der Waals surface area contributed by atoms with E-state index in [-0.39, 0.29) is 4.91 Å². The van der Waals surface area contributed by atoms with E-state index in [0.717, 1.165) is 18.2 Å². The Morgan fingerprint density at radius 3 is 2.07 bits per heavy atom. The first-order valence-electron chi connectivity index (χ1n) is 3.96. The molecule has 2 atom stereocenters. The van der Waals surface area contributed by atoms with Gasteiger partial charge in [0.05, 0.1) is 4.91 Å². The molecule has 0 spiro atoms. The lowest BCUT2D eigenvalue weighted by Gasteiger charge is -2.18. The summed E-state index contributed by atoms with van der Waals surface area (Å²) in [6, 6.07) is 0. The van der Waals surface area contributed by atoms with Gasteiger partial charge in [-0.15, -0.1) is 0 Å². The van der Waals surface area contributed by atoms with Gasteiger partial charge in [-0.3, -0.25) is 9.11 Å². The lowest BCUT2D eigenvalue weighted by Crippen LogP contribution is -2.27. The molecule has 0 aromatic heterocycles. The van der Waals surface area contributed by atoms with Crippen molar-refractivity contribution in [2.75, 3.05) is 0 Å². The van der Waals surface area contributed by atoms with Gasteiger partial charge in [0.25, 0.3) is 20.2 Å². The van der Waals surface area contributed by atoms with Gasteiger partial charge in [-0.05, 0) is 12.0 Å². The summed E-state index contributed by atoms with van der Waals surface area (Å²) in [6.45, 7) is 1.42. The molecule has 0 fully saturated rings. The maximum atomic E-state index is 10.8. The first kappa shape index (κ1) is 12.4. The number of rotatable bonds is 2. The highest BCUT2D eigenvalue weighted by Crippen LogP contribution is 2.24. The van der Waals surface area contributed by atoms with Gasteiger partial charge in [0, 0.05) is 0 Å². The van der Waals surface area contributed by atoms with Gasteiger partial charge in [0.1, 0.15) is 5.25 Å². The monoisotopic (exact) mass is 254 g/mol. The van der Waals surface area contributed by atoms with E-state index in [0.29, 0.717) is 0 Å². The third-order valence-corrected chi connectivity index (χ3v) is 4.18. The zero-order chi connectivity index (χ0) is 11.9. The van der Waals surface area contributed by atoms with Gasteiger partial charge in [-0.25, -0.2) is 0 Å². The predicted octanol–water partition coefficient (Wildman–Crippen LogP) is 0.220. The molecule has 86 valence electrons. The Morgan fingerprint density at radius 1 is 1.20 bits per heavy atom. The Bertz CT molecular complexity index is 510. The molecule has 0 aromatic rings. The second-order valence-corrected chi connectivity index (χ2v) is 6.24. The van der Waals surface area contributed by atoms with Crippen LogP contribution in [-0.2, 0) is 20.2 Å². The number of allylic oxidation sites excluding steroid dienone is 2. The van der Waals surface area contributed by atoms with Crippen molar-refractivity contribution in [1.82, 2.24) is 0 Å². The van der Waals surface area contributed by atoms with Crippen LogP contribution in [0, 0.1) is 5.92 Å². The molecule has 0 saturated heterocycles. The van der Waals surface area contributed by atoms with Gasteiger partial charge in [0.15, 0.2) is 0 Å². The molecule has 0 amide bonds. The van der Waals surface area contributed by atoms with E-state index in [1.165, 1.54) is 6.92 Å². The van der Waals surface area contributed by atoms with E-state index in [1.54, 1.807) is 0 Å². The summed E-state index contributed by atoms with van der Waals surface area (Å²) in [5, 5.41) is -1.18. The summed E-state index contributed by atoms with van der Waals surface area (Å²) in [6.07, 6.45) is 3.06. The Balaban J connectivity index is 3.10. The van der Waals surface area contributed by atoms with Crippen LogP contribution in [0.4, 0.5) is 0 Å². The molecule has 15 heavy (non-hydrogen) atoms. The fraction of sp³-hybridized carbons (Fsp3) is 0.429. The van der Waals surface area contributed by atoms with Crippen LogP contribution in [0.3, 0.4) is 0 Å². The second kappa shape index (κ2) is 3.71. The molecule has 0 saturated carbocycles. The quantitative estimate of drug-likeness (QED) is 0.682. The topological polar surface area (TPSA) is 109 Å². The highest BCUT2D eigenvalue weighted by atomic mass is 32.2. The van der Waals surface area contributed by atoms with Crippen LogP contribution in [0.5, 0.6) is 0 Å². The Kier molecular flexibility index (Phi) is 3.06. The SMILES string of the molecule is CC1C=C(S(=O)(=O)O)C=CC1S(=O)(=O)O. The molecule has 0 bridgehead atoms. The molecule has 0 radical (unpaired) electrons. The van der Waals surface area contributed by atoms with E-state index in [2.05, 4.69) is 0 Å². The Morgan fingerprint density at radius 2 is 1.73 bits per heavy atom. The van der Waals surface area contributed by atoms with Crippen molar-refractivity contribution in [3.8, 4) is 0 Å². The summed E-state index contributed by atoms with van der Waals surface area (Å²) in [5.74, 6) is -0.720. The maximum absolute atomic E-state index is 10.8. The smallest absolute Gasteiger partial charge is 0.285 e. The highest BCUT2D eigenvalue weighted by molar-refractivity contribution is 7.90. The molecule has 8 heteroatoms. The summed E-state index contributed by atoms with van der Waals surface area (Å²) in [4.78, 5) is -0.366. The maximum Gasteiger partial charge on any atom is 0.294 e. The molecule has 0 heterocycles. The van der Waals surface area contributed by atoms with Crippen molar-refractivity contribution >= 4 is 20.2 Å². The zero-order valence-electron chi connectivity index (χ0n) is 7.73. The highest BCUT2D eigenvalue weighted by Gasteiger charge is 2.30. The fourth-order valence-corrected chi connectivity index (χ4v) is 2.85. The van der Waals surface area contributed by atoms with E-state index >= 15 is 0 Å².